The van der Waals surface area contributed by atoms with Crippen LogP contribution in [0, 0.1) is 11.6 Å². The zero-order chi connectivity index (χ0) is 30.6. The summed E-state index contributed by atoms with van der Waals surface area (Å²) >= 11 is 0. The Morgan fingerprint density at radius 3 is 2.49 bits per heavy atom. The van der Waals surface area contributed by atoms with E-state index in [4.69, 9.17) is 0 Å². The van der Waals surface area contributed by atoms with Crippen LogP contribution in [0.4, 0.5) is 20.2 Å². The second-order valence-corrected chi connectivity index (χ2v) is 11.3. The SMILES string of the molecule is CNc1cc(F)c(F)c2c1Cc1ncc(-c3cnc4c(c3)c(=O)c(C(=O)O)cn4CCN3CCN(C)CC3)c(N(C)C)c1-2. The standard InChI is InChI=1S/C31H33F2N7O3/c1-34-23-13-22(32)27(33)25-18(23)12-24-26(25)28(37(2)3)20(15-35-24)17-11-19-29(41)21(31(42)43)16-40(30(19)36-14-17)10-9-39-7-5-38(4)6-8-39/h11,13-16,34H,5-10,12H2,1-4H3,(H,42,43). The number of nitrogens with zero attached hydrogens (tertiary/aromatic N) is 6. The van der Waals surface area contributed by atoms with Crippen molar-refractivity contribution in [3.63, 3.8) is 0 Å². The second kappa shape index (κ2) is 11.0. The third-order valence-electron chi connectivity index (χ3n) is 8.48. The van der Waals surface area contributed by atoms with E-state index in [1.165, 1.54) is 6.20 Å². The monoisotopic (exact) mass is 589 g/mol. The largest absolute Gasteiger partial charge is 0.477 e. The fourth-order valence-corrected chi connectivity index (χ4v) is 6.18. The molecule has 4 heterocycles. The van der Waals surface area contributed by atoms with Gasteiger partial charge in [-0.25, -0.2) is 18.6 Å². The van der Waals surface area contributed by atoms with E-state index in [-0.39, 0.29) is 16.5 Å². The molecule has 3 aromatic heterocycles. The fourth-order valence-electron chi connectivity index (χ4n) is 6.18. The van der Waals surface area contributed by atoms with Crippen molar-refractivity contribution in [1.82, 2.24) is 24.3 Å². The highest BCUT2D eigenvalue weighted by molar-refractivity contribution is 5.98. The smallest absolute Gasteiger partial charge is 0.341 e. The van der Waals surface area contributed by atoms with Crippen molar-refractivity contribution in [1.29, 1.82) is 0 Å². The lowest BCUT2D eigenvalue weighted by atomic mass is 9.97. The number of aromatic nitrogens is 3. The lowest BCUT2D eigenvalue weighted by Gasteiger charge is -2.32. The minimum Gasteiger partial charge on any atom is -0.477 e. The highest BCUT2D eigenvalue weighted by Crippen LogP contribution is 2.49. The number of nitrogens with one attached hydrogen (secondary N) is 1. The Morgan fingerprint density at radius 1 is 1.07 bits per heavy atom. The molecule has 0 amide bonds. The molecule has 6 rings (SSSR count). The molecule has 1 aliphatic heterocycles. The molecule has 0 radical (unpaired) electrons. The zero-order valence-electron chi connectivity index (χ0n) is 24.5. The minimum atomic E-state index is -1.31. The van der Waals surface area contributed by atoms with E-state index < -0.39 is 23.0 Å². The van der Waals surface area contributed by atoms with Crippen LogP contribution in [-0.4, -0.2) is 96.3 Å². The first-order chi connectivity index (χ1) is 20.6. The van der Waals surface area contributed by atoms with Crippen molar-refractivity contribution >= 4 is 28.4 Å². The molecule has 0 atom stereocenters. The fraction of sp³-hybridized carbons (Fsp3) is 0.355. The van der Waals surface area contributed by atoms with Gasteiger partial charge in [0, 0.05) is 119 Å². The minimum absolute atomic E-state index is 0.158. The highest BCUT2D eigenvalue weighted by atomic mass is 19.2. The molecule has 0 bridgehead atoms. The number of piperazine rings is 1. The first-order valence-electron chi connectivity index (χ1n) is 14.1. The van der Waals surface area contributed by atoms with Crippen LogP contribution in [0.2, 0.25) is 0 Å². The number of fused-ring (bicyclic) bond motifs is 4. The molecule has 1 fully saturated rings. The van der Waals surface area contributed by atoms with Crippen molar-refractivity contribution in [2.45, 2.75) is 13.0 Å². The van der Waals surface area contributed by atoms with Crippen LogP contribution in [0.15, 0.2) is 35.5 Å². The summed E-state index contributed by atoms with van der Waals surface area (Å²) in [6.45, 7) is 4.86. The van der Waals surface area contributed by atoms with Gasteiger partial charge in [-0.15, -0.1) is 0 Å². The molecule has 1 aromatic carbocycles. The summed E-state index contributed by atoms with van der Waals surface area (Å²) in [5, 5.41) is 13.0. The Kier molecular flexibility index (Phi) is 7.35. The third kappa shape index (κ3) is 4.90. The Bertz CT molecular complexity index is 1830. The zero-order valence-corrected chi connectivity index (χ0v) is 24.5. The van der Waals surface area contributed by atoms with Gasteiger partial charge < -0.3 is 24.8 Å². The van der Waals surface area contributed by atoms with Crippen LogP contribution in [0.5, 0.6) is 0 Å². The van der Waals surface area contributed by atoms with Crippen molar-refractivity contribution in [3.05, 3.63) is 69.4 Å². The number of hydrogen-bond donors (Lipinski definition) is 2. The van der Waals surface area contributed by atoms with E-state index in [9.17, 15) is 19.1 Å². The highest BCUT2D eigenvalue weighted by Gasteiger charge is 2.33. The van der Waals surface area contributed by atoms with Crippen molar-refractivity contribution in [3.8, 4) is 22.3 Å². The van der Waals surface area contributed by atoms with Gasteiger partial charge in [0.05, 0.1) is 16.8 Å². The molecular formula is C31H33F2N7O3. The number of halogens is 2. The normalized spacial score (nSPS) is 15.0. The molecule has 2 N–H and O–H groups in total. The van der Waals surface area contributed by atoms with Gasteiger partial charge in [-0.2, -0.15) is 0 Å². The van der Waals surface area contributed by atoms with Gasteiger partial charge in [0.2, 0.25) is 5.43 Å². The van der Waals surface area contributed by atoms with Crippen molar-refractivity contribution < 1.29 is 18.7 Å². The predicted octanol–water partition coefficient (Wildman–Crippen LogP) is 3.36. The van der Waals surface area contributed by atoms with Crippen molar-refractivity contribution in [2.24, 2.45) is 0 Å². The van der Waals surface area contributed by atoms with E-state index in [0.29, 0.717) is 64.5 Å². The van der Waals surface area contributed by atoms with Gasteiger partial charge in [-0.1, -0.05) is 0 Å². The molecule has 43 heavy (non-hydrogen) atoms. The number of carboxylic acids is 1. The summed E-state index contributed by atoms with van der Waals surface area (Å²) < 4.78 is 31.8. The van der Waals surface area contributed by atoms with Crippen LogP contribution in [0.3, 0.4) is 0 Å². The number of carbonyl (C=O) groups is 1. The molecule has 4 aromatic rings. The van der Waals surface area contributed by atoms with E-state index in [2.05, 4.69) is 32.1 Å². The Hall–Kier alpha value is -4.42. The van der Waals surface area contributed by atoms with Crippen LogP contribution in [0.1, 0.15) is 21.6 Å². The quantitative estimate of drug-likeness (QED) is 0.296. The van der Waals surface area contributed by atoms with E-state index in [0.717, 1.165) is 32.2 Å². The summed E-state index contributed by atoms with van der Waals surface area (Å²) in [4.78, 5) is 41.1. The van der Waals surface area contributed by atoms with Gasteiger partial charge in [0.15, 0.2) is 11.6 Å². The molecule has 0 spiro atoms. The second-order valence-electron chi connectivity index (χ2n) is 11.3. The average Bonchev–Trinajstić information content (AvgIpc) is 3.38. The lowest BCUT2D eigenvalue weighted by Crippen LogP contribution is -2.45. The van der Waals surface area contributed by atoms with E-state index >= 15 is 4.39 Å². The Balaban J connectivity index is 1.49. The topological polar surface area (TPSA) is 107 Å². The molecule has 2 aliphatic rings. The summed E-state index contributed by atoms with van der Waals surface area (Å²) in [5.41, 5.74) is 3.43. The predicted molar refractivity (Wildman–Crippen MR) is 162 cm³/mol. The van der Waals surface area contributed by atoms with E-state index in [1.807, 2.05) is 0 Å². The maximum absolute atomic E-state index is 15.4. The van der Waals surface area contributed by atoms with Crippen LogP contribution < -0.4 is 15.6 Å². The Labute approximate surface area is 247 Å². The van der Waals surface area contributed by atoms with Gasteiger partial charge in [0.1, 0.15) is 11.2 Å². The lowest BCUT2D eigenvalue weighted by molar-refractivity contribution is 0.0694. The molecule has 0 saturated carbocycles. The summed E-state index contributed by atoms with van der Waals surface area (Å²) in [6, 6.07) is 2.77. The summed E-state index contributed by atoms with van der Waals surface area (Å²) in [5.74, 6) is -3.22. The van der Waals surface area contributed by atoms with Crippen LogP contribution in [0.25, 0.3) is 33.3 Å². The number of carboxylic acid groups (broad SMARTS) is 1. The number of likely N-dealkylation sites (N-methyl/N-ethyl adjacent to an activating group) is 1. The van der Waals surface area contributed by atoms with E-state index in [1.54, 1.807) is 49.1 Å². The average molecular weight is 590 g/mol. The number of pyridine rings is 3. The van der Waals surface area contributed by atoms with Crippen LogP contribution in [-0.2, 0) is 13.0 Å². The molecule has 12 heteroatoms. The van der Waals surface area contributed by atoms with Gasteiger partial charge >= 0.3 is 5.97 Å². The molecule has 10 nitrogen and oxygen atoms in total. The molecular weight excluding hydrogens is 556 g/mol. The Morgan fingerprint density at radius 2 is 1.81 bits per heavy atom. The number of aromatic carboxylic acids is 1. The molecule has 1 saturated heterocycles. The maximum Gasteiger partial charge on any atom is 0.341 e. The summed E-state index contributed by atoms with van der Waals surface area (Å²) in [6.07, 6.45) is 4.95. The van der Waals surface area contributed by atoms with Crippen LogP contribution >= 0.6 is 0 Å². The summed E-state index contributed by atoms with van der Waals surface area (Å²) in [7, 11) is 7.34. The molecule has 1 aliphatic carbocycles. The molecule has 224 valence electrons. The van der Waals surface area contributed by atoms with Gasteiger partial charge in [-0.05, 0) is 18.7 Å². The van der Waals surface area contributed by atoms with Gasteiger partial charge in [-0.3, -0.25) is 14.7 Å². The van der Waals surface area contributed by atoms with Crippen molar-refractivity contribution in [2.75, 3.05) is 71.1 Å². The first-order valence-corrected chi connectivity index (χ1v) is 14.1. The van der Waals surface area contributed by atoms with Gasteiger partial charge in [0.25, 0.3) is 0 Å². The number of hydrogen-bond acceptors (Lipinski definition) is 8. The maximum atomic E-state index is 15.4. The molecule has 0 unspecified atom stereocenters. The number of rotatable bonds is 7. The third-order valence-corrected chi connectivity index (χ3v) is 8.48. The number of benzene rings is 1. The number of anilines is 2. The first kappa shape index (κ1) is 28.7.